The average Bonchev–Trinajstić information content (AvgIpc) is 1.82. The van der Waals surface area contributed by atoms with Crippen molar-refractivity contribution in [3.05, 3.63) is 0 Å². The summed E-state index contributed by atoms with van der Waals surface area (Å²) in [7, 11) is 0. The SMILES string of the molecule is C[C@H](N)C(=O)NCC#N. The molecule has 0 unspecified atom stereocenters. The van der Waals surface area contributed by atoms with Crippen molar-refractivity contribution in [1.29, 1.82) is 5.26 Å². The molecule has 0 rings (SSSR count). The van der Waals surface area contributed by atoms with Gasteiger partial charge in [0.25, 0.3) is 0 Å². The van der Waals surface area contributed by atoms with Crippen molar-refractivity contribution >= 4 is 5.91 Å². The molecule has 0 aromatic heterocycles. The molecule has 1 amide bonds. The third kappa shape index (κ3) is 3.50. The highest BCUT2D eigenvalue weighted by atomic mass is 16.2. The molecule has 0 aliphatic heterocycles. The van der Waals surface area contributed by atoms with Gasteiger partial charge in [0, 0.05) is 0 Å². The topological polar surface area (TPSA) is 78.9 Å². The van der Waals surface area contributed by atoms with Gasteiger partial charge < -0.3 is 11.1 Å². The Morgan fingerprint density at radius 3 is 2.89 bits per heavy atom. The lowest BCUT2D eigenvalue weighted by molar-refractivity contribution is -0.121. The van der Waals surface area contributed by atoms with Crippen LogP contribution in [-0.4, -0.2) is 18.5 Å². The van der Waals surface area contributed by atoms with E-state index in [9.17, 15) is 4.79 Å². The van der Waals surface area contributed by atoms with Crippen molar-refractivity contribution in [3.63, 3.8) is 0 Å². The number of nitriles is 1. The van der Waals surface area contributed by atoms with Crippen LogP contribution in [0.5, 0.6) is 0 Å². The molecule has 1 atom stereocenters. The fourth-order valence-corrected chi connectivity index (χ4v) is 0.288. The van der Waals surface area contributed by atoms with Gasteiger partial charge in [0.1, 0.15) is 6.54 Å². The summed E-state index contributed by atoms with van der Waals surface area (Å²) in [6.45, 7) is 1.59. The molecule has 0 aliphatic carbocycles. The molecular weight excluding hydrogens is 118 g/mol. The summed E-state index contributed by atoms with van der Waals surface area (Å²) in [4.78, 5) is 10.5. The van der Waals surface area contributed by atoms with Gasteiger partial charge in [-0.25, -0.2) is 0 Å². The third-order valence-corrected chi connectivity index (χ3v) is 0.755. The molecule has 0 spiro atoms. The molecule has 0 aromatic carbocycles. The lowest BCUT2D eigenvalue weighted by Gasteiger charge is -2.01. The van der Waals surface area contributed by atoms with Crippen LogP contribution in [0.4, 0.5) is 0 Å². The fourth-order valence-electron chi connectivity index (χ4n) is 0.288. The predicted octanol–water partition coefficient (Wildman–Crippen LogP) is -1.03. The first-order chi connectivity index (χ1) is 4.18. The van der Waals surface area contributed by atoms with Crippen LogP contribution in [0, 0.1) is 11.3 Å². The molecule has 0 bridgehead atoms. The number of rotatable bonds is 2. The molecule has 0 radical (unpaired) electrons. The molecule has 4 heteroatoms. The normalized spacial score (nSPS) is 11.7. The Labute approximate surface area is 53.6 Å². The second-order valence-corrected chi connectivity index (χ2v) is 1.66. The lowest BCUT2D eigenvalue weighted by atomic mass is 10.3. The second kappa shape index (κ2) is 3.87. The van der Waals surface area contributed by atoms with E-state index in [1.807, 2.05) is 0 Å². The van der Waals surface area contributed by atoms with Crippen molar-refractivity contribution in [3.8, 4) is 6.07 Å². The zero-order chi connectivity index (χ0) is 7.28. The molecule has 9 heavy (non-hydrogen) atoms. The summed E-state index contributed by atoms with van der Waals surface area (Å²) >= 11 is 0. The van der Waals surface area contributed by atoms with Crippen LogP contribution < -0.4 is 11.1 Å². The van der Waals surface area contributed by atoms with Crippen LogP contribution in [0.1, 0.15) is 6.92 Å². The Hall–Kier alpha value is -1.08. The zero-order valence-corrected chi connectivity index (χ0v) is 5.22. The van der Waals surface area contributed by atoms with E-state index in [-0.39, 0.29) is 12.5 Å². The van der Waals surface area contributed by atoms with Gasteiger partial charge >= 0.3 is 0 Å². The molecule has 4 nitrogen and oxygen atoms in total. The number of nitrogens with zero attached hydrogens (tertiary/aromatic N) is 1. The van der Waals surface area contributed by atoms with Crippen LogP contribution in [0.3, 0.4) is 0 Å². The van der Waals surface area contributed by atoms with E-state index in [2.05, 4.69) is 5.32 Å². The Kier molecular flexibility index (Phi) is 3.40. The van der Waals surface area contributed by atoms with Crippen LogP contribution in [0.25, 0.3) is 0 Å². The van der Waals surface area contributed by atoms with E-state index in [4.69, 9.17) is 11.0 Å². The van der Waals surface area contributed by atoms with Gasteiger partial charge in [-0.3, -0.25) is 4.79 Å². The standard InChI is InChI=1S/C5H9N3O/c1-4(7)5(9)8-3-2-6/h4H,3,7H2,1H3,(H,8,9)/t4-/m0/s1. The molecule has 0 fully saturated rings. The molecule has 0 aliphatic rings. The quantitative estimate of drug-likeness (QED) is 0.466. The highest BCUT2D eigenvalue weighted by Crippen LogP contribution is 1.71. The Morgan fingerprint density at radius 2 is 2.56 bits per heavy atom. The third-order valence-electron chi connectivity index (χ3n) is 0.755. The second-order valence-electron chi connectivity index (χ2n) is 1.66. The van der Waals surface area contributed by atoms with Crippen LogP contribution in [-0.2, 0) is 4.79 Å². The van der Waals surface area contributed by atoms with E-state index in [0.717, 1.165) is 0 Å². The van der Waals surface area contributed by atoms with E-state index in [0.29, 0.717) is 0 Å². The smallest absolute Gasteiger partial charge is 0.237 e. The van der Waals surface area contributed by atoms with E-state index in [1.165, 1.54) is 0 Å². The minimum Gasteiger partial charge on any atom is -0.342 e. The molecule has 0 saturated carbocycles. The molecule has 0 heterocycles. The van der Waals surface area contributed by atoms with E-state index < -0.39 is 6.04 Å². The number of carbonyl (C=O) groups excluding carboxylic acids is 1. The number of carbonyl (C=O) groups is 1. The monoisotopic (exact) mass is 127 g/mol. The van der Waals surface area contributed by atoms with Crippen molar-refractivity contribution in [2.75, 3.05) is 6.54 Å². The average molecular weight is 127 g/mol. The summed E-state index contributed by atoms with van der Waals surface area (Å²) in [6.07, 6.45) is 0. The highest BCUT2D eigenvalue weighted by Gasteiger charge is 2.03. The zero-order valence-electron chi connectivity index (χ0n) is 5.22. The minimum atomic E-state index is -0.529. The summed E-state index contributed by atoms with van der Waals surface area (Å²) < 4.78 is 0. The number of amides is 1. The van der Waals surface area contributed by atoms with Gasteiger partial charge in [0.15, 0.2) is 0 Å². The van der Waals surface area contributed by atoms with Crippen LogP contribution in [0.15, 0.2) is 0 Å². The molecule has 50 valence electrons. The summed E-state index contributed by atoms with van der Waals surface area (Å²) in [6, 6.07) is 1.24. The fraction of sp³-hybridized carbons (Fsp3) is 0.600. The van der Waals surface area contributed by atoms with Crippen LogP contribution in [0.2, 0.25) is 0 Å². The first-order valence-electron chi connectivity index (χ1n) is 2.58. The van der Waals surface area contributed by atoms with Gasteiger partial charge in [-0.1, -0.05) is 0 Å². The highest BCUT2D eigenvalue weighted by molar-refractivity contribution is 5.81. The van der Waals surface area contributed by atoms with Gasteiger partial charge in [-0.05, 0) is 6.92 Å². The van der Waals surface area contributed by atoms with E-state index >= 15 is 0 Å². The summed E-state index contributed by atoms with van der Waals surface area (Å²) in [5.74, 6) is -0.295. The van der Waals surface area contributed by atoms with Crippen molar-refractivity contribution in [1.82, 2.24) is 5.32 Å². The first-order valence-corrected chi connectivity index (χ1v) is 2.58. The Morgan fingerprint density at radius 1 is 2.00 bits per heavy atom. The summed E-state index contributed by atoms with van der Waals surface area (Å²) in [5, 5.41) is 10.3. The van der Waals surface area contributed by atoms with Crippen molar-refractivity contribution < 1.29 is 4.79 Å². The van der Waals surface area contributed by atoms with E-state index in [1.54, 1.807) is 13.0 Å². The van der Waals surface area contributed by atoms with Crippen molar-refractivity contribution in [2.24, 2.45) is 5.73 Å². The lowest BCUT2D eigenvalue weighted by Crippen LogP contribution is -2.38. The number of nitrogens with one attached hydrogen (secondary N) is 1. The minimum absolute atomic E-state index is 0.0281. The van der Waals surface area contributed by atoms with Gasteiger partial charge in [0.05, 0.1) is 12.1 Å². The predicted molar refractivity (Wildman–Crippen MR) is 32.3 cm³/mol. The van der Waals surface area contributed by atoms with Crippen molar-refractivity contribution in [2.45, 2.75) is 13.0 Å². The maximum atomic E-state index is 10.5. The largest absolute Gasteiger partial charge is 0.342 e. The maximum absolute atomic E-state index is 10.5. The molecule has 0 saturated heterocycles. The summed E-state index contributed by atoms with van der Waals surface area (Å²) in [5.41, 5.74) is 5.16. The van der Waals surface area contributed by atoms with Gasteiger partial charge in [-0.15, -0.1) is 0 Å². The Balaban J connectivity index is 3.42. The number of nitrogens with two attached hydrogens (primary N) is 1. The number of hydrogen-bond donors (Lipinski definition) is 2. The van der Waals surface area contributed by atoms with Crippen LogP contribution >= 0.6 is 0 Å². The molecule has 3 N–H and O–H groups in total. The molecule has 0 aromatic rings. The first kappa shape index (κ1) is 7.92. The number of hydrogen-bond acceptors (Lipinski definition) is 3. The maximum Gasteiger partial charge on any atom is 0.237 e. The van der Waals surface area contributed by atoms with Gasteiger partial charge in [0.2, 0.25) is 5.91 Å². The Bertz CT molecular complexity index is 136. The van der Waals surface area contributed by atoms with Gasteiger partial charge in [-0.2, -0.15) is 5.26 Å². The molecular formula is C5H9N3O.